The highest BCUT2D eigenvalue weighted by Gasteiger charge is 2.49. The highest BCUT2D eigenvalue weighted by molar-refractivity contribution is 8.16. The fourth-order valence-electron chi connectivity index (χ4n) is 2.90. The molecule has 0 radical (unpaired) electrons. The van der Waals surface area contributed by atoms with Gasteiger partial charge in [0.1, 0.15) is 11.6 Å². The molecule has 9 heteroatoms. The van der Waals surface area contributed by atoms with Gasteiger partial charge in [-0.2, -0.15) is 4.99 Å². The van der Waals surface area contributed by atoms with Gasteiger partial charge in [0.05, 0.1) is 23.2 Å². The smallest absolute Gasteiger partial charge is 0.248 e. The molecule has 0 unspecified atom stereocenters. The number of rotatable bonds is 3. The van der Waals surface area contributed by atoms with Crippen molar-refractivity contribution in [2.45, 2.75) is 31.1 Å². The Morgan fingerprint density at radius 2 is 2.12 bits per heavy atom. The third-order valence-corrected chi connectivity index (χ3v) is 7.13. The maximum atomic E-state index is 14.2. The van der Waals surface area contributed by atoms with Crippen LogP contribution >= 0.6 is 11.8 Å². The van der Waals surface area contributed by atoms with Crippen molar-refractivity contribution in [2.75, 3.05) is 16.4 Å². The van der Waals surface area contributed by atoms with E-state index in [2.05, 4.69) is 4.99 Å². The van der Waals surface area contributed by atoms with Gasteiger partial charge >= 0.3 is 0 Å². The van der Waals surface area contributed by atoms with Crippen LogP contribution in [0.4, 0.5) is 14.5 Å². The second kappa shape index (κ2) is 6.44. The molecule has 24 heavy (non-hydrogen) atoms. The molecule has 2 heterocycles. The zero-order valence-electron chi connectivity index (χ0n) is 12.9. The quantitative estimate of drug-likeness (QED) is 0.813. The summed E-state index contributed by atoms with van der Waals surface area (Å²) in [6, 6.07) is 2.58. The van der Waals surface area contributed by atoms with Gasteiger partial charge in [-0.3, -0.25) is 4.79 Å². The minimum Gasteiger partial charge on any atom is -0.313 e. The number of carbonyl (C=O) groups is 1. The van der Waals surface area contributed by atoms with E-state index >= 15 is 0 Å². The van der Waals surface area contributed by atoms with Crippen molar-refractivity contribution in [1.29, 1.82) is 0 Å². The van der Waals surface area contributed by atoms with Gasteiger partial charge in [-0.15, -0.1) is 0 Å². The van der Waals surface area contributed by atoms with E-state index in [9.17, 15) is 22.0 Å². The minimum absolute atomic E-state index is 0.0385. The summed E-state index contributed by atoms with van der Waals surface area (Å²) in [5.74, 6) is -2.05. The van der Waals surface area contributed by atoms with Gasteiger partial charge in [0, 0.05) is 17.7 Å². The Bertz CT molecular complexity index is 811. The maximum absolute atomic E-state index is 14.2. The maximum Gasteiger partial charge on any atom is 0.248 e. The molecule has 0 aliphatic carbocycles. The summed E-state index contributed by atoms with van der Waals surface area (Å²) in [6.45, 7) is 1.85. The predicted octanol–water partition coefficient (Wildman–Crippen LogP) is 2.37. The van der Waals surface area contributed by atoms with Crippen LogP contribution in [0.15, 0.2) is 23.2 Å². The Morgan fingerprint density at radius 1 is 1.38 bits per heavy atom. The number of amides is 1. The van der Waals surface area contributed by atoms with Crippen LogP contribution < -0.4 is 4.90 Å². The summed E-state index contributed by atoms with van der Waals surface area (Å²) in [5, 5.41) is -0.0310. The lowest BCUT2D eigenvalue weighted by Crippen LogP contribution is -2.38. The molecule has 2 saturated heterocycles. The number of halogens is 2. The SMILES string of the molecule is CCCC(=O)N=C1S[C@@H]2CS(=O)(=O)C[C@@H]2N1c1ccc(F)cc1F. The average molecular weight is 374 g/mol. The summed E-state index contributed by atoms with van der Waals surface area (Å²) < 4.78 is 51.2. The van der Waals surface area contributed by atoms with Crippen molar-refractivity contribution in [3.63, 3.8) is 0 Å². The largest absolute Gasteiger partial charge is 0.313 e. The van der Waals surface area contributed by atoms with Crippen LogP contribution in [0.25, 0.3) is 0 Å². The number of carbonyl (C=O) groups excluding carboxylic acids is 1. The van der Waals surface area contributed by atoms with Gasteiger partial charge in [0.25, 0.3) is 0 Å². The van der Waals surface area contributed by atoms with E-state index in [-0.39, 0.29) is 39.9 Å². The summed E-state index contributed by atoms with van der Waals surface area (Å²) in [5.41, 5.74) is 0.0385. The van der Waals surface area contributed by atoms with Crippen LogP contribution in [-0.4, -0.2) is 42.3 Å². The van der Waals surface area contributed by atoms with Crippen LogP contribution in [0.5, 0.6) is 0 Å². The molecule has 3 rings (SSSR count). The first-order valence-corrected chi connectivity index (χ1v) is 10.2. The lowest BCUT2D eigenvalue weighted by molar-refractivity contribution is -0.117. The summed E-state index contributed by atoms with van der Waals surface area (Å²) in [7, 11) is -3.23. The van der Waals surface area contributed by atoms with Gasteiger partial charge < -0.3 is 4.90 Å². The van der Waals surface area contributed by atoms with E-state index < -0.39 is 27.5 Å². The number of hydrogen-bond donors (Lipinski definition) is 0. The molecule has 0 saturated carbocycles. The van der Waals surface area contributed by atoms with E-state index in [0.717, 1.165) is 12.1 Å². The third kappa shape index (κ3) is 3.32. The fraction of sp³-hybridized carbons (Fsp3) is 0.467. The van der Waals surface area contributed by atoms with Crippen LogP contribution in [0, 0.1) is 11.6 Å². The van der Waals surface area contributed by atoms with Gasteiger partial charge in [-0.25, -0.2) is 17.2 Å². The van der Waals surface area contributed by atoms with E-state index in [1.165, 1.54) is 22.7 Å². The number of fused-ring (bicyclic) bond motifs is 1. The molecule has 130 valence electrons. The molecular formula is C15H16F2N2O3S2. The van der Waals surface area contributed by atoms with Crippen LogP contribution in [0.1, 0.15) is 19.8 Å². The summed E-state index contributed by atoms with van der Waals surface area (Å²) in [4.78, 5) is 17.3. The third-order valence-electron chi connectivity index (χ3n) is 3.92. The van der Waals surface area contributed by atoms with Crippen LogP contribution in [-0.2, 0) is 14.6 Å². The van der Waals surface area contributed by atoms with E-state index in [4.69, 9.17) is 0 Å². The Hall–Kier alpha value is -1.48. The Balaban J connectivity index is 2.03. The van der Waals surface area contributed by atoms with E-state index in [1.807, 2.05) is 6.92 Å². The zero-order valence-corrected chi connectivity index (χ0v) is 14.5. The van der Waals surface area contributed by atoms with Crippen LogP contribution in [0.3, 0.4) is 0 Å². The van der Waals surface area contributed by atoms with Crippen molar-refractivity contribution in [2.24, 2.45) is 4.99 Å². The molecule has 1 aromatic rings. The Labute approximate surface area is 143 Å². The van der Waals surface area contributed by atoms with Gasteiger partial charge in [0.15, 0.2) is 15.0 Å². The first kappa shape index (κ1) is 17.3. The van der Waals surface area contributed by atoms with Crippen molar-refractivity contribution in [1.82, 2.24) is 0 Å². The second-order valence-electron chi connectivity index (χ2n) is 5.80. The first-order valence-electron chi connectivity index (χ1n) is 7.53. The van der Waals surface area contributed by atoms with E-state index in [0.29, 0.717) is 6.42 Å². The standard InChI is InChI=1S/C15H16F2N2O3S2/c1-2-3-14(20)18-15-19(11-5-4-9(16)6-10(11)17)12-7-24(21,22)8-13(12)23-15/h4-6,12-13H,2-3,7-8H2,1H3/t12-,13+/m0/s1. The monoisotopic (exact) mass is 374 g/mol. The molecule has 2 aliphatic rings. The molecular weight excluding hydrogens is 358 g/mol. The molecule has 0 bridgehead atoms. The fourth-order valence-corrected chi connectivity index (χ4v) is 6.82. The summed E-state index contributed by atoms with van der Waals surface area (Å²) in [6.07, 6.45) is 0.893. The molecule has 1 aromatic carbocycles. The van der Waals surface area contributed by atoms with Gasteiger partial charge in [-0.1, -0.05) is 18.7 Å². The summed E-state index contributed by atoms with van der Waals surface area (Å²) >= 11 is 1.17. The highest BCUT2D eigenvalue weighted by Crippen LogP contribution is 2.41. The number of sulfone groups is 1. The topological polar surface area (TPSA) is 66.8 Å². The minimum atomic E-state index is -3.23. The molecule has 0 spiro atoms. The van der Waals surface area contributed by atoms with Gasteiger partial charge in [-0.05, 0) is 18.6 Å². The van der Waals surface area contributed by atoms with Crippen molar-refractivity contribution in [3.05, 3.63) is 29.8 Å². The first-order chi connectivity index (χ1) is 11.3. The van der Waals surface area contributed by atoms with Gasteiger partial charge in [0.2, 0.25) is 5.91 Å². The van der Waals surface area contributed by atoms with E-state index in [1.54, 1.807) is 0 Å². The normalized spacial score (nSPS) is 26.8. The molecule has 2 aliphatic heterocycles. The molecule has 0 N–H and O–H groups in total. The lowest BCUT2D eigenvalue weighted by Gasteiger charge is -2.24. The second-order valence-corrected chi connectivity index (χ2v) is 9.16. The predicted molar refractivity (Wildman–Crippen MR) is 90.0 cm³/mol. The number of anilines is 1. The molecule has 0 aromatic heterocycles. The van der Waals surface area contributed by atoms with Crippen molar-refractivity contribution < 1.29 is 22.0 Å². The number of thioether (sulfide) groups is 1. The zero-order chi connectivity index (χ0) is 17.5. The highest BCUT2D eigenvalue weighted by atomic mass is 32.2. The number of aliphatic imine (C=N–C) groups is 1. The Morgan fingerprint density at radius 3 is 2.79 bits per heavy atom. The number of amidine groups is 1. The number of benzene rings is 1. The molecule has 1 amide bonds. The Kier molecular flexibility index (Phi) is 4.65. The molecule has 5 nitrogen and oxygen atoms in total. The van der Waals surface area contributed by atoms with Crippen LogP contribution in [0.2, 0.25) is 0 Å². The lowest BCUT2D eigenvalue weighted by atomic mass is 10.2. The molecule has 2 atom stereocenters. The average Bonchev–Trinajstić information content (AvgIpc) is 2.91. The van der Waals surface area contributed by atoms with Crippen molar-refractivity contribution >= 4 is 38.4 Å². The number of hydrogen-bond acceptors (Lipinski definition) is 4. The number of nitrogens with zero attached hydrogens (tertiary/aromatic N) is 2. The van der Waals surface area contributed by atoms with Crippen molar-refractivity contribution in [3.8, 4) is 0 Å². The molecule has 2 fully saturated rings.